The fraction of sp³-hybridized carbons (Fsp3) is 0. The Labute approximate surface area is 88.2 Å². The van der Waals surface area contributed by atoms with Crippen LogP contribution in [0.4, 0.5) is 0 Å². The highest BCUT2D eigenvalue weighted by molar-refractivity contribution is 6.30. The van der Waals surface area contributed by atoms with E-state index in [1.807, 2.05) is 0 Å². The zero-order valence-corrected chi connectivity index (χ0v) is 8.38. The second kappa shape index (κ2) is 4.63. The van der Waals surface area contributed by atoms with E-state index in [9.17, 15) is 0 Å². The molecule has 2 nitrogen and oxygen atoms in total. The van der Waals surface area contributed by atoms with Crippen molar-refractivity contribution in [3.05, 3.63) is 59.3 Å². The molecule has 0 heterocycles. The first-order valence-electron chi connectivity index (χ1n) is 4.07. The average Bonchev–Trinajstić information content (AvgIpc) is 2.18. The third-order valence-corrected chi connectivity index (χ3v) is 1.95. The number of nitrogens with two attached hydrogens (primary N) is 1. The van der Waals surface area contributed by atoms with E-state index in [1.165, 1.54) is 6.08 Å². The van der Waals surface area contributed by atoms with E-state index in [2.05, 4.69) is 6.58 Å². The van der Waals surface area contributed by atoms with Gasteiger partial charge in [-0.1, -0.05) is 30.3 Å². The van der Waals surface area contributed by atoms with Gasteiger partial charge < -0.3 is 11.1 Å². The average molecular weight is 207 g/mol. The fourth-order valence-electron chi connectivity index (χ4n) is 0.938. The summed E-state index contributed by atoms with van der Waals surface area (Å²) in [6.07, 6.45) is 3.06. The molecule has 0 aliphatic rings. The maximum atomic E-state index is 7.69. The van der Waals surface area contributed by atoms with Gasteiger partial charge in [-0.15, -0.1) is 0 Å². The minimum absolute atomic E-state index is 0.346. The Morgan fingerprint density at radius 1 is 1.36 bits per heavy atom. The van der Waals surface area contributed by atoms with Crippen molar-refractivity contribution in [3.63, 3.8) is 0 Å². The maximum absolute atomic E-state index is 7.69. The minimum Gasteiger partial charge on any atom is -0.399 e. The van der Waals surface area contributed by atoms with Gasteiger partial charge >= 0.3 is 0 Å². The molecule has 0 atom stereocenters. The van der Waals surface area contributed by atoms with Crippen molar-refractivity contribution in [1.29, 1.82) is 5.41 Å². The van der Waals surface area contributed by atoms with Crippen LogP contribution in [0.25, 0.3) is 0 Å². The van der Waals surface area contributed by atoms with Crippen molar-refractivity contribution < 1.29 is 0 Å². The van der Waals surface area contributed by atoms with Gasteiger partial charge in [-0.3, -0.25) is 0 Å². The lowest BCUT2D eigenvalue weighted by atomic mass is 10.1. The third kappa shape index (κ3) is 2.75. The molecule has 0 radical (unpaired) electrons. The van der Waals surface area contributed by atoms with Crippen molar-refractivity contribution in [2.75, 3.05) is 0 Å². The molecule has 0 saturated heterocycles. The summed E-state index contributed by atoms with van der Waals surface area (Å²) in [4.78, 5) is 0. The Balaban J connectivity index is 2.90. The van der Waals surface area contributed by atoms with Crippen LogP contribution in [0.15, 0.2) is 48.7 Å². The summed E-state index contributed by atoms with van der Waals surface area (Å²) in [5, 5.41) is 8.34. The van der Waals surface area contributed by atoms with Crippen LogP contribution in [-0.4, -0.2) is 5.71 Å². The van der Waals surface area contributed by atoms with Gasteiger partial charge in [0.05, 0.1) is 5.71 Å². The number of benzene rings is 1. The normalized spacial score (nSPS) is 11.1. The van der Waals surface area contributed by atoms with Gasteiger partial charge in [0, 0.05) is 10.7 Å². The van der Waals surface area contributed by atoms with E-state index >= 15 is 0 Å². The molecule has 0 saturated carbocycles. The zero-order chi connectivity index (χ0) is 10.6. The SMILES string of the molecule is C=C/C(N)=C/C(=N)c1ccc(Cl)cc1. The van der Waals surface area contributed by atoms with Gasteiger partial charge in [0.2, 0.25) is 0 Å². The van der Waals surface area contributed by atoms with Gasteiger partial charge in [-0.05, 0) is 29.8 Å². The van der Waals surface area contributed by atoms with Crippen molar-refractivity contribution in [2.45, 2.75) is 0 Å². The number of allylic oxidation sites excluding steroid dienone is 2. The van der Waals surface area contributed by atoms with Crippen LogP contribution in [0.1, 0.15) is 5.56 Å². The smallest absolute Gasteiger partial charge is 0.0632 e. The topological polar surface area (TPSA) is 49.9 Å². The first-order valence-corrected chi connectivity index (χ1v) is 4.45. The van der Waals surface area contributed by atoms with Gasteiger partial charge in [0.25, 0.3) is 0 Å². The summed E-state index contributed by atoms with van der Waals surface area (Å²) in [5.74, 6) is 0. The standard InChI is InChI=1S/C11H11ClN2/c1-2-10(13)7-11(14)8-3-5-9(12)6-4-8/h2-7,14H,1,13H2/b10-7-,14-11?. The predicted octanol–water partition coefficient (Wildman–Crippen LogP) is 2.74. The summed E-state index contributed by atoms with van der Waals surface area (Å²) in [6, 6.07) is 7.03. The first kappa shape index (κ1) is 10.5. The Kier molecular flexibility index (Phi) is 3.48. The molecular weight excluding hydrogens is 196 g/mol. The molecule has 0 fully saturated rings. The largest absolute Gasteiger partial charge is 0.399 e. The van der Waals surface area contributed by atoms with E-state index in [0.717, 1.165) is 5.56 Å². The second-order valence-corrected chi connectivity index (χ2v) is 3.21. The van der Waals surface area contributed by atoms with E-state index in [0.29, 0.717) is 16.4 Å². The predicted molar refractivity (Wildman–Crippen MR) is 60.7 cm³/mol. The third-order valence-electron chi connectivity index (χ3n) is 1.70. The van der Waals surface area contributed by atoms with E-state index in [4.69, 9.17) is 22.7 Å². The molecule has 0 aromatic heterocycles. The van der Waals surface area contributed by atoms with E-state index < -0.39 is 0 Å². The molecule has 1 rings (SSSR count). The lowest BCUT2D eigenvalue weighted by Crippen LogP contribution is -2.00. The minimum atomic E-state index is 0.346. The molecule has 3 heteroatoms. The fourth-order valence-corrected chi connectivity index (χ4v) is 1.06. The highest BCUT2D eigenvalue weighted by Gasteiger charge is 1.97. The molecular formula is C11H11ClN2. The van der Waals surface area contributed by atoms with E-state index in [1.54, 1.807) is 30.3 Å². The Morgan fingerprint density at radius 2 is 1.93 bits per heavy atom. The first-order chi connectivity index (χ1) is 6.63. The molecule has 0 unspecified atom stereocenters. The number of rotatable bonds is 3. The number of hydrogen-bond donors (Lipinski definition) is 2. The van der Waals surface area contributed by atoms with Crippen LogP contribution in [-0.2, 0) is 0 Å². The molecule has 0 aliphatic carbocycles. The van der Waals surface area contributed by atoms with Crippen molar-refractivity contribution >= 4 is 17.3 Å². The summed E-state index contributed by atoms with van der Waals surface area (Å²) in [6.45, 7) is 3.51. The van der Waals surface area contributed by atoms with Crippen LogP contribution < -0.4 is 5.73 Å². The number of nitrogens with one attached hydrogen (secondary N) is 1. The lowest BCUT2D eigenvalue weighted by molar-refractivity contribution is 1.42. The van der Waals surface area contributed by atoms with Crippen molar-refractivity contribution in [1.82, 2.24) is 0 Å². The van der Waals surface area contributed by atoms with E-state index in [-0.39, 0.29) is 0 Å². The van der Waals surface area contributed by atoms with Gasteiger partial charge in [-0.2, -0.15) is 0 Å². The van der Waals surface area contributed by atoms with Crippen LogP contribution in [0.5, 0.6) is 0 Å². The van der Waals surface area contributed by atoms with Crippen LogP contribution in [0.3, 0.4) is 0 Å². The molecule has 72 valence electrons. The Bertz CT molecular complexity index is 377. The highest BCUT2D eigenvalue weighted by atomic mass is 35.5. The molecule has 3 N–H and O–H groups in total. The summed E-state index contributed by atoms with van der Waals surface area (Å²) < 4.78 is 0. The van der Waals surface area contributed by atoms with Crippen molar-refractivity contribution in [3.8, 4) is 0 Å². The molecule has 14 heavy (non-hydrogen) atoms. The molecule has 0 spiro atoms. The van der Waals surface area contributed by atoms with Gasteiger partial charge in [0.15, 0.2) is 0 Å². The molecule has 0 amide bonds. The maximum Gasteiger partial charge on any atom is 0.0632 e. The summed E-state index contributed by atoms with van der Waals surface area (Å²) >= 11 is 5.72. The van der Waals surface area contributed by atoms with Crippen LogP contribution >= 0.6 is 11.6 Å². The number of halogens is 1. The second-order valence-electron chi connectivity index (χ2n) is 2.77. The zero-order valence-electron chi connectivity index (χ0n) is 7.63. The van der Waals surface area contributed by atoms with Crippen LogP contribution in [0, 0.1) is 5.41 Å². The number of hydrogen-bond acceptors (Lipinski definition) is 2. The molecule has 0 aliphatic heterocycles. The summed E-state index contributed by atoms with van der Waals surface area (Å²) in [5.41, 5.74) is 7.12. The molecule has 0 bridgehead atoms. The van der Waals surface area contributed by atoms with Crippen LogP contribution in [0.2, 0.25) is 5.02 Å². The molecule has 1 aromatic carbocycles. The quantitative estimate of drug-likeness (QED) is 0.580. The Morgan fingerprint density at radius 3 is 2.43 bits per heavy atom. The Hall–Kier alpha value is -1.54. The summed E-state index contributed by atoms with van der Waals surface area (Å²) in [7, 11) is 0. The van der Waals surface area contributed by atoms with Gasteiger partial charge in [-0.25, -0.2) is 0 Å². The highest BCUT2D eigenvalue weighted by Crippen LogP contribution is 2.10. The molecule has 1 aromatic rings. The van der Waals surface area contributed by atoms with Crippen molar-refractivity contribution in [2.24, 2.45) is 5.73 Å². The van der Waals surface area contributed by atoms with Gasteiger partial charge in [0.1, 0.15) is 0 Å². The monoisotopic (exact) mass is 206 g/mol. The lowest BCUT2D eigenvalue weighted by Gasteiger charge is -1.99.